The second-order valence-electron chi connectivity index (χ2n) is 11.1. The van der Waals surface area contributed by atoms with Gasteiger partial charge in [0, 0.05) is 43.0 Å². The van der Waals surface area contributed by atoms with Crippen molar-refractivity contribution in [3.05, 3.63) is 34.9 Å². The number of aliphatic hydroxyl groups is 1. The van der Waals surface area contributed by atoms with Crippen molar-refractivity contribution in [1.29, 1.82) is 0 Å². The van der Waals surface area contributed by atoms with E-state index in [1.54, 1.807) is 6.92 Å². The Balaban J connectivity index is 1.68. The molecule has 1 aromatic rings. The lowest BCUT2D eigenvalue weighted by Crippen LogP contribution is -2.54. The van der Waals surface area contributed by atoms with E-state index in [0.717, 1.165) is 44.2 Å². The lowest BCUT2D eigenvalue weighted by molar-refractivity contribution is -0.117. The third-order valence-corrected chi connectivity index (χ3v) is 8.40. The van der Waals surface area contributed by atoms with Crippen molar-refractivity contribution in [2.24, 2.45) is 11.8 Å². The first-order chi connectivity index (χ1) is 17.3. The van der Waals surface area contributed by atoms with E-state index in [9.17, 15) is 14.7 Å². The van der Waals surface area contributed by atoms with E-state index in [4.69, 9.17) is 11.6 Å². The van der Waals surface area contributed by atoms with Gasteiger partial charge in [-0.3, -0.25) is 0 Å². The molecule has 1 aliphatic carbocycles. The Labute approximate surface area is 222 Å². The summed E-state index contributed by atoms with van der Waals surface area (Å²) in [5.41, 5.74) is -0.289. The summed E-state index contributed by atoms with van der Waals surface area (Å²) in [4.78, 5) is 26.7. The smallest absolute Gasteiger partial charge is 0.317 e. The Hall–Kier alpha value is -1.63. The number of ketones is 1. The number of likely N-dealkylation sites (tertiary alicyclic amines) is 1. The Kier molecular flexibility index (Phi) is 11.5. The van der Waals surface area contributed by atoms with Crippen LogP contribution in [0.2, 0.25) is 5.02 Å². The van der Waals surface area contributed by atoms with Crippen LogP contribution in [0.3, 0.4) is 0 Å². The minimum Gasteiger partial charge on any atom is -0.385 e. The number of hydrogen-bond donors (Lipinski definition) is 3. The van der Waals surface area contributed by atoms with E-state index < -0.39 is 5.60 Å². The van der Waals surface area contributed by atoms with Gasteiger partial charge in [-0.15, -0.1) is 0 Å². The number of amides is 2. The summed E-state index contributed by atoms with van der Waals surface area (Å²) in [6, 6.07) is 7.56. The highest BCUT2D eigenvalue weighted by Gasteiger charge is 2.41. The number of Topliss-reactive ketones (excluding diaryl/α,β-unsaturated/α-hetero) is 1. The van der Waals surface area contributed by atoms with Crippen LogP contribution in [0.1, 0.15) is 89.5 Å². The molecule has 0 aromatic heterocycles. The molecule has 6 nitrogen and oxygen atoms in total. The van der Waals surface area contributed by atoms with Crippen LogP contribution in [0.4, 0.5) is 4.79 Å². The highest BCUT2D eigenvalue weighted by molar-refractivity contribution is 6.30. The fourth-order valence-corrected chi connectivity index (χ4v) is 6.38. The van der Waals surface area contributed by atoms with Gasteiger partial charge in [0.2, 0.25) is 0 Å². The molecule has 1 aliphatic heterocycles. The van der Waals surface area contributed by atoms with Crippen molar-refractivity contribution in [1.82, 2.24) is 15.5 Å². The van der Waals surface area contributed by atoms with Crippen LogP contribution < -0.4 is 10.6 Å². The first-order valence-corrected chi connectivity index (χ1v) is 14.4. The molecule has 1 saturated carbocycles. The lowest BCUT2D eigenvalue weighted by atomic mass is 9.74. The number of benzene rings is 1. The number of nitrogens with one attached hydrogen (secondary N) is 2. The molecule has 0 radical (unpaired) electrons. The standard InChI is InChI=1S/C29H46ClN3O3/c1-22(34)10-6-7-16-29(36,24-13-8-15-26(30)19-24)25-14-9-17-33(21-25)28(35)32-27(20-31-2)18-23-11-4-3-5-12-23/h8,13,15,19,23,25,27,31,36H,3-7,9-12,14,16-18,20-21H2,1-2H3,(H,32,35)/t25-,27?,29-/m1/s1. The molecule has 1 aromatic carbocycles. The molecule has 0 spiro atoms. The van der Waals surface area contributed by atoms with E-state index >= 15 is 0 Å². The van der Waals surface area contributed by atoms with Crippen LogP contribution in [0.15, 0.2) is 24.3 Å². The van der Waals surface area contributed by atoms with Crippen LogP contribution in [0.5, 0.6) is 0 Å². The third-order valence-electron chi connectivity index (χ3n) is 8.17. The zero-order chi connectivity index (χ0) is 26.0. The molecule has 3 atom stereocenters. The van der Waals surface area contributed by atoms with Gasteiger partial charge in [0.05, 0.1) is 5.60 Å². The van der Waals surface area contributed by atoms with E-state index in [-0.39, 0.29) is 23.8 Å². The molecule has 2 aliphatic rings. The first-order valence-electron chi connectivity index (χ1n) is 14.0. The van der Waals surface area contributed by atoms with Crippen LogP contribution >= 0.6 is 11.6 Å². The number of carbonyl (C=O) groups excluding carboxylic acids is 2. The van der Waals surface area contributed by atoms with Crippen LogP contribution in [0.25, 0.3) is 0 Å². The SMILES string of the molecule is CNCC(CC1CCCCC1)NC(=O)N1CCC[C@@H]([C@@](O)(CCCCC(C)=O)c2cccc(Cl)c2)C1. The highest BCUT2D eigenvalue weighted by Crippen LogP contribution is 2.40. The summed E-state index contributed by atoms with van der Waals surface area (Å²) in [6.07, 6.45) is 11.7. The minimum absolute atomic E-state index is 0.0271. The van der Waals surface area contributed by atoms with Crippen molar-refractivity contribution in [3.8, 4) is 0 Å². The summed E-state index contributed by atoms with van der Waals surface area (Å²) >= 11 is 6.30. The Bertz CT molecular complexity index is 845. The van der Waals surface area contributed by atoms with E-state index in [1.165, 1.54) is 32.1 Å². The van der Waals surface area contributed by atoms with Crippen molar-refractivity contribution in [2.75, 3.05) is 26.7 Å². The summed E-state index contributed by atoms with van der Waals surface area (Å²) in [7, 11) is 1.94. The number of halogens is 1. The minimum atomic E-state index is -1.09. The summed E-state index contributed by atoms with van der Waals surface area (Å²) < 4.78 is 0. The average Bonchev–Trinajstić information content (AvgIpc) is 2.87. The molecule has 0 bridgehead atoms. The number of hydrogen-bond acceptors (Lipinski definition) is 4. The second-order valence-corrected chi connectivity index (χ2v) is 11.5. The normalized spacial score (nSPS) is 21.6. The fraction of sp³-hybridized carbons (Fsp3) is 0.724. The van der Waals surface area contributed by atoms with Crippen molar-refractivity contribution in [3.63, 3.8) is 0 Å². The largest absolute Gasteiger partial charge is 0.385 e. The quantitative estimate of drug-likeness (QED) is 0.311. The van der Waals surface area contributed by atoms with Gasteiger partial charge < -0.3 is 25.4 Å². The van der Waals surface area contributed by atoms with Crippen LogP contribution in [0, 0.1) is 11.8 Å². The maximum atomic E-state index is 13.4. The topological polar surface area (TPSA) is 81.7 Å². The lowest BCUT2D eigenvalue weighted by Gasteiger charge is -2.43. The highest BCUT2D eigenvalue weighted by atomic mass is 35.5. The molecule has 1 heterocycles. The van der Waals surface area contributed by atoms with Gasteiger partial charge in [-0.05, 0) is 76.1 Å². The molecule has 1 unspecified atom stereocenters. The summed E-state index contributed by atoms with van der Waals surface area (Å²) in [5.74, 6) is 0.773. The molecule has 202 valence electrons. The molecular formula is C29H46ClN3O3. The Morgan fingerprint density at radius 1 is 1.17 bits per heavy atom. The van der Waals surface area contributed by atoms with E-state index in [2.05, 4.69) is 10.6 Å². The van der Waals surface area contributed by atoms with Gasteiger partial charge in [0.25, 0.3) is 0 Å². The van der Waals surface area contributed by atoms with Crippen molar-refractivity contribution < 1.29 is 14.7 Å². The van der Waals surface area contributed by atoms with E-state index in [1.807, 2.05) is 36.2 Å². The molecular weight excluding hydrogens is 474 g/mol. The summed E-state index contributed by atoms with van der Waals surface area (Å²) in [6.45, 7) is 3.59. The number of nitrogens with zero attached hydrogens (tertiary/aromatic N) is 1. The van der Waals surface area contributed by atoms with Gasteiger partial charge in [-0.1, -0.05) is 55.8 Å². The zero-order valence-electron chi connectivity index (χ0n) is 22.2. The number of carbonyl (C=O) groups is 2. The van der Waals surface area contributed by atoms with Crippen LogP contribution in [-0.2, 0) is 10.4 Å². The van der Waals surface area contributed by atoms with Crippen molar-refractivity contribution >= 4 is 23.4 Å². The molecule has 3 rings (SSSR count). The number of rotatable bonds is 12. The molecule has 2 fully saturated rings. The third kappa shape index (κ3) is 8.46. The van der Waals surface area contributed by atoms with Gasteiger partial charge in [0.1, 0.15) is 5.78 Å². The van der Waals surface area contributed by atoms with Gasteiger partial charge in [-0.25, -0.2) is 4.79 Å². The molecule has 7 heteroatoms. The predicted octanol–water partition coefficient (Wildman–Crippen LogP) is 5.66. The van der Waals surface area contributed by atoms with Crippen LogP contribution in [-0.4, -0.2) is 54.5 Å². The summed E-state index contributed by atoms with van der Waals surface area (Å²) in [5, 5.41) is 19.2. The van der Waals surface area contributed by atoms with Gasteiger partial charge in [-0.2, -0.15) is 0 Å². The molecule has 2 amide bonds. The number of urea groups is 1. The van der Waals surface area contributed by atoms with E-state index in [0.29, 0.717) is 36.9 Å². The molecule has 3 N–H and O–H groups in total. The maximum absolute atomic E-state index is 13.4. The second kappa shape index (κ2) is 14.3. The Morgan fingerprint density at radius 3 is 2.64 bits per heavy atom. The predicted molar refractivity (Wildman–Crippen MR) is 146 cm³/mol. The van der Waals surface area contributed by atoms with Crippen molar-refractivity contribution in [2.45, 2.75) is 95.6 Å². The molecule has 36 heavy (non-hydrogen) atoms. The number of unbranched alkanes of at least 4 members (excludes halogenated alkanes) is 1. The van der Waals surface area contributed by atoms with Gasteiger partial charge in [0.15, 0.2) is 0 Å². The average molecular weight is 520 g/mol. The zero-order valence-corrected chi connectivity index (χ0v) is 23.0. The number of piperidine rings is 1. The van der Waals surface area contributed by atoms with Gasteiger partial charge >= 0.3 is 6.03 Å². The number of likely N-dealkylation sites (N-methyl/N-ethyl adjacent to an activating group) is 1. The first kappa shape index (κ1) is 28.9. The molecule has 1 saturated heterocycles. The maximum Gasteiger partial charge on any atom is 0.317 e. The monoisotopic (exact) mass is 519 g/mol. The fourth-order valence-electron chi connectivity index (χ4n) is 6.19. The Morgan fingerprint density at radius 2 is 1.94 bits per heavy atom.